The average molecular weight is 349 g/mol. The van der Waals surface area contributed by atoms with Gasteiger partial charge in [-0.15, -0.1) is 13.2 Å². The summed E-state index contributed by atoms with van der Waals surface area (Å²) in [4.78, 5) is 11.9. The number of halogens is 3. The number of hydrogen-bond donors (Lipinski definition) is 1. The summed E-state index contributed by atoms with van der Waals surface area (Å²) < 4.78 is 45.0. The summed E-state index contributed by atoms with van der Waals surface area (Å²) in [5.41, 5.74) is 0.976. The Kier molecular flexibility index (Phi) is 5.90. The van der Waals surface area contributed by atoms with Crippen molar-refractivity contribution >= 4 is 5.91 Å². The van der Waals surface area contributed by atoms with Gasteiger partial charge in [-0.05, 0) is 48.5 Å². The van der Waals surface area contributed by atoms with Gasteiger partial charge in [-0.1, -0.05) is 11.8 Å². The highest BCUT2D eigenvalue weighted by molar-refractivity contribution is 5.94. The number of ether oxygens (including phenoxy) is 2. The molecule has 0 atom stereocenters. The molecule has 2 aromatic carbocycles. The van der Waals surface area contributed by atoms with Crippen LogP contribution in [0.5, 0.6) is 11.5 Å². The van der Waals surface area contributed by atoms with Crippen LogP contribution in [-0.4, -0.2) is 25.9 Å². The highest BCUT2D eigenvalue weighted by Gasteiger charge is 2.31. The smallest absolute Gasteiger partial charge is 0.497 e. The molecule has 2 rings (SSSR count). The maximum atomic E-state index is 12.1. The molecule has 0 spiro atoms. The maximum absolute atomic E-state index is 12.1. The van der Waals surface area contributed by atoms with E-state index in [9.17, 15) is 18.0 Å². The van der Waals surface area contributed by atoms with Gasteiger partial charge in [0.2, 0.25) is 0 Å². The van der Waals surface area contributed by atoms with Crippen molar-refractivity contribution in [1.29, 1.82) is 0 Å². The zero-order valence-electron chi connectivity index (χ0n) is 13.2. The molecule has 0 unspecified atom stereocenters. The second-order valence-electron chi connectivity index (χ2n) is 4.79. The molecule has 0 aliphatic carbocycles. The van der Waals surface area contributed by atoms with Crippen molar-refractivity contribution in [3.05, 3.63) is 59.7 Å². The van der Waals surface area contributed by atoms with Crippen LogP contribution in [0.3, 0.4) is 0 Å². The molecule has 1 amide bonds. The van der Waals surface area contributed by atoms with Crippen molar-refractivity contribution in [3.8, 4) is 23.3 Å². The Morgan fingerprint density at radius 2 is 1.64 bits per heavy atom. The lowest BCUT2D eigenvalue weighted by molar-refractivity contribution is -0.274. The van der Waals surface area contributed by atoms with Crippen LogP contribution in [-0.2, 0) is 0 Å². The molecule has 25 heavy (non-hydrogen) atoms. The van der Waals surface area contributed by atoms with Crippen molar-refractivity contribution in [3.63, 3.8) is 0 Å². The van der Waals surface area contributed by atoms with Gasteiger partial charge >= 0.3 is 6.36 Å². The molecule has 0 saturated carbocycles. The number of carbonyl (C=O) groups is 1. The fraction of sp³-hybridized carbons (Fsp3) is 0.167. The molecular formula is C18H14F3NO3. The zero-order valence-corrected chi connectivity index (χ0v) is 13.2. The summed E-state index contributed by atoms with van der Waals surface area (Å²) in [6.45, 7) is 0.103. The monoisotopic (exact) mass is 349 g/mol. The first-order valence-corrected chi connectivity index (χ1v) is 7.14. The van der Waals surface area contributed by atoms with Crippen LogP contribution in [0.2, 0.25) is 0 Å². The molecule has 0 fully saturated rings. The van der Waals surface area contributed by atoms with E-state index >= 15 is 0 Å². The van der Waals surface area contributed by atoms with Crippen molar-refractivity contribution in [2.75, 3.05) is 13.7 Å². The van der Waals surface area contributed by atoms with Gasteiger partial charge < -0.3 is 14.8 Å². The quantitative estimate of drug-likeness (QED) is 0.861. The molecule has 0 aliphatic heterocycles. The van der Waals surface area contributed by atoms with Gasteiger partial charge in [0.25, 0.3) is 5.91 Å². The van der Waals surface area contributed by atoms with Crippen LogP contribution in [0, 0.1) is 11.8 Å². The predicted molar refractivity (Wildman–Crippen MR) is 85.3 cm³/mol. The number of nitrogens with one attached hydrogen (secondary N) is 1. The number of hydrogen-bond acceptors (Lipinski definition) is 3. The van der Waals surface area contributed by atoms with Gasteiger partial charge in [0.15, 0.2) is 0 Å². The maximum Gasteiger partial charge on any atom is 0.573 e. The van der Waals surface area contributed by atoms with E-state index in [1.54, 1.807) is 31.4 Å². The fourth-order valence-electron chi connectivity index (χ4n) is 1.86. The van der Waals surface area contributed by atoms with E-state index in [1.807, 2.05) is 0 Å². The third-order valence-corrected chi connectivity index (χ3v) is 3.01. The zero-order chi connectivity index (χ0) is 18.3. The van der Waals surface area contributed by atoms with Crippen molar-refractivity contribution in [1.82, 2.24) is 5.32 Å². The Bertz CT molecular complexity index is 772. The summed E-state index contributed by atoms with van der Waals surface area (Å²) in [5, 5.41) is 2.56. The SMILES string of the molecule is COc1ccc(C#CCNC(=O)c2ccc(OC(F)(F)F)cc2)cc1. The number of methoxy groups -OCH3 is 1. The van der Waals surface area contributed by atoms with Crippen molar-refractivity contribution in [2.24, 2.45) is 0 Å². The van der Waals surface area contributed by atoms with Crippen molar-refractivity contribution in [2.45, 2.75) is 6.36 Å². The van der Waals surface area contributed by atoms with Gasteiger partial charge in [-0.2, -0.15) is 0 Å². The minimum Gasteiger partial charge on any atom is -0.497 e. The molecule has 1 N–H and O–H groups in total. The predicted octanol–water partition coefficient (Wildman–Crippen LogP) is 3.38. The highest BCUT2D eigenvalue weighted by Crippen LogP contribution is 2.22. The first kappa shape index (κ1) is 18.2. The molecule has 0 aliphatic rings. The second kappa shape index (κ2) is 8.11. The van der Waals surface area contributed by atoms with E-state index in [2.05, 4.69) is 21.9 Å². The minimum absolute atomic E-state index is 0.103. The Balaban J connectivity index is 1.87. The van der Waals surface area contributed by atoms with Crippen molar-refractivity contribution < 1.29 is 27.4 Å². The van der Waals surface area contributed by atoms with Gasteiger partial charge in [0.05, 0.1) is 13.7 Å². The lowest BCUT2D eigenvalue weighted by Gasteiger charge is -2.09. The molecule has 130 valence electrons. The average Bonchev–Trinajstić information content (AvgIpc) is 2.58. The number of rotatable bonds is 4. The van der Waals surface area contributed by atoms with E-state index in [-0.39, 0.29) is 17.9 Å². The van der Waals surface area contributed by atoms with E-state index in [0.29, 0.717) is 0 Å². The van der Waals surface area contributed by atoms with E-state index in [0.717, 1.165) is 23.4 Å². The molecule has 7 heteroatoms. The molecular weight excluding hydrogens is 335 g/mol. The Morgan fingerprint density at radius 1 is 1.04 bits per heavy atom. The van der Waals surface area contributed by atoms with E-state index in [4.69, 9.17) is 4.74 Å². The van der Waals surface area contributed by atoms with Gasteiger partial charge in [-0.3, -0.25) is 4.79 Å². The molecule has 0 saturated heterocycles. The summed E-state index contributed by atoms with van der Waals surface area (Å²) >= 11 is 0. The van der Waals surface area contributed by atoms with Crippen LogP contribution < -0.4 is 14.8 Å². The lowest BCUT2D eigenvalue weighted by atomic mass is 10.2. The number of carbonyl (C=O) groups excluding carboxylic acids is 1. The standard InChI is InChI=1S/C18H14F3NO3/c1-24-15-8-4-13(5-9-15)3-2-12-22-17(23)14-6-10-16(11-7-14)25-18(19,20)21/h4-11H,12H2,1H3,(H,22,23). The molecule has 4 nitrogen and oxygen atoms in total. The summed E-state index contributed by atoms with van der Waals surface area (Å²) in [5.74, 6) is 5.55. The van der Waals surface area contributed by atoms with Gasteiger partial charge in [0, 0.05) is 11.1 Å². The van der Waals surface area contributed by atoms with Crippen LogP contribution in [0.4, 0.5) is 13.2 Å². The molecule has 0 bridgehead atoms. The van der Waals surface area contributed by atoms with Crippen LogP contribution in [0.1, 0.15) is 15.9 Å². The Hall–Kier alpha value is -3.14. The topological polar surface area (TPSA) is 47.6 Å². The molecule has 0 aromatic heterocycles. The normalized spacial score (nSPS) is 10.4. The summed E-state index contributed by atoms with van der Waals surface area (Å²) in [7, 11) is 1.57. The largest absolute Gasteiger partial charge is 0.573 e. The number of amides is 1. The first-order valence-electron chi connectivity index (χ1n) is 7.14. The Morgan fingerprint density at radius 3 is 2.20 bits per heavy atom. The summed E-state index contributed by atoms with van der Waals surface area (Å²) in [6.07, 6.45) is -4.76. The first-order chi connectivity index (χ1) is 11.9. The van der Waals surface area contributed by atoms with Crippen LogP contribution >= 0.6 is 0 Å². The van der Waals surface area contributed by atoms with E-state index < -0.39 is 12.3 Å². The molecule has 0 radical (unpaired) electrons. The summed E-state index contributed by atoms with van der Waals surface area (Å²) in [6, 6.07) is 11.7. The van der Waals surface area contributed by atoms with Gasteiger partial charge in [-0.25, -0.2) is 0 Å². The third-order valence-electron chi connectivity index (χ3n) is 3.01. The third kappa shape index (κ3) is 6.11. The van der Waals surface area contributed by atoms with E-state index in [1.165, 1.54) is 12.1 Å². The number of benzene rings is 2. The fourth-order valence-corrected chi connectivity index (χ4v) is 1.86. The highest BCUT2D eigenvalue weighted by atomic mass is 19.4. The van der Waals surface area contributed by atoms with Gasteiger partial charge in [0.1, 0.15) is 11.5 Å². The lowest BCUT2D eigenvalue weighted by Crippen LogP contribution is -2.23. The minimum atomic E-state index is -4.76. The molecule has 2 aromatic rings. The molecule has 0 heterocycles. The van der Waals surface area contributed by atoms with Crippen LogP contribution in [0.25, 0.3) is 0 Å². The van der Waals surface area contributed by atoms with Crippen LogP contribution in [0.15, 0.2) is 48.5 Å². The Labute approximate surface area is 142 Å². The second-order valence-corrected chi connectivity index (χ2v) is 4.79. The number of alkyl halides is 3.